The molecule has 6 nitrogen and oxygen atoms in total. The lowest BCUT2D eigenvalue weighted by Gasteiger charge is -2.03. The predicted octanol–water partition coefficient (Wildman–Crippen LogP) is 2.36. The van der Waals surface area contributed by atoms with Gasteiger partial charge in [-0.15, -0.1) is 0 Å². The largest absolute Gasteiger partial charge is 0.360 e. The molecule has 3 aromatic rings. The van der Waals surface area contributed by atoms with Crippen LogP contribution in [0.15, 0.2) is 41.1 Å². The average Bonchev–Trinajstić information content (AvgIpc) is 3.03. The van der Waals surface area contributed by atoms with Crippen molar-refractivity contribution in [2.45, 2.75) is 19.9 Å². The monoisotopic (exact) mass is 270 g/mol. The molecular weight excluding hydrogens is 256 g/mol. The lowest BCUT2D eigenvalue weighted by molar-refractivity contribution is -0.116. The van der Waals surface area contributed by atoms with Crippen molar-refractivity contribution in [3.8, 4) is 0 Å². The van der Waals surface area contributed by atoms with E-state index in [4.69, 9.17) is 4.52 Å². The maximum Gasteiger partial charge on any atom is 0.227 e. The number of fused-ring (bicyclic) bond motifs is 1. The van der Waals surface area contributed by atoms with E-state index in [0.29, 0.717) is 24.5 Å². The highest BCUT2D eigenvalue weighted by molar-refractivity contribution is 5.89. The summed E-state index contributed by atoms with van der Waals surface area (Å²) in [7, 11) is 0. The molecule has 20 heavy (non-hydrogen) atoms. The van der Waals surface area contributed by atoms with E-state index in [1.54, 1.807) is 19.2 Å². The molecule has 0 aliphatic rings. The van der Waals surface area contributed by atoms with Crippen molar-refractivity contribution < 1.29 is 9.32 Å². The highest BCUT2D eigenvalue weighted by Crippen LogP contribution is 2.13. The Balaban J connectivity index is 1.63. The standard InChI is InChI=1S/C14H14N4O2/c1-10-8-13(17-20-10)16-14(19)6-7-18-12-5-3-2-4-11(12)9-15-18/h2-5,8-9H,6-7H2,1H3,(H,16,17,19). The summed E-state index contributed by atoms with van der Waals surface area (Å²) in [5.41, 5.74) is 1.03. The van der Waals surface area contributed by atoms with Gasteiger partial charge >= 0.3 is 0 Å². The van der Waals surface area contributed by atoms with Crippen molar-refractivity contribution in [3.05, 3.63) is 42.3 Å². The van der Waals surface area contributed by atoms with Crippen LogP contribution in [0.1, 0.15) is 12.2 Å². The highest BCUT2D eigenvalue weighted by Gasteiger charge is 2.08. The molecular formula is C14H14N4O2. The van der Waals surface area contributed by atoms with Crippen LogP contribution in [-0.2, 0) is 11.3 Å². The van der Waals surface area contributed by atoms with Crippen molar-refractivity contribution in [1.29, 1.82) is 0 Å². The number of rotatable bonds is 4. The Labute approximate surface area is 115 Å². The Morgan fingerprint density at radius 3 is 3.05 bits per heavy atom. The summed E-state index contributed by atoms with van der Waals surface area (Å²) < 4.78 is 6.71. The van der Waals surface area contributed by atoms with Crippen LogP contribution in [0, 0.1) is 6.92 Å². The summed E-state index contributed by atoms with van der Waals surface area (Å²) in [6.07, 6.45) is 2.13. The number of aromatic nitrogens is 3. The number of benzene rings is 1. The third-order valence-corrected chi connectivity index (χ3v) is 3.00. The molecule has 0 spiro atoms. The molecule has 0 bridgehead atoms. The van der Waals surface area contributed by atoms with Crippen LogP contribution in [-0.4, -0.2) is 20.8 Å². The van der Waals surface area contributed by atoms with Crippen LogP contribution < -0.4 is 5.32 Å². The van der Waals surface area contributed by atoms with Gasteiger partial charge in [-0.2, -0.15) is 5.10 Å². The first-order valence-electron chi connectivity index (χ1n) is 6.36. The van der Waals surface area contributed by atoms with Crippen LogP contribution in [0.3, 0.4) is 0 Å². The number of amides is 1. The first-order valence-corrected chi connectivity index (χ1v) is 6.36. The number of nitrogens with zero attached hydrogens (tertiary/aromatic N) is 3. The van der Waals surface area contributed by atoms with E-state index in [0.717, 1.165) is 10.9 Å². The van der Waals surface area contributed by atoms with E-state index in [1.807, 2.05) is 28.9 Å². The number of hydrogen-bond acceptors (Lipinski definition) is 4. The Morgan fingerprint density at radius 2 is 2.25 bits per heavy atom. The van der Waals surface area contributed by atoms with Crippen molar-refractivity contribution in [2.24, 2.45) is 0 Å². The van der Waals surface area contributed by atoms with Gasteiger partial charge < -0.3 is 9.84 Å². The molecule has 1 N–H and O–H groups in total. The fourth-order valence-corrected chi connectivity index (χ4v) is 2.04. The van der Waals surface area contributed by atoms with Crippen molar-refractivity contribution in [2.75, 3.05) is 5.32 Å². The number of nitrogens with one attached hydrogen (secondary N) is 1. The minimum Gasteiger partial charge on any atom is -0.360 e. The summed E-state index contributed by atoms with van der Waals surface area (Å²) >= 11 is 0. The maximum absolute atomic E-state index is 11.8. The Bertz CT molecular complexity index is 744. The van der Waals surface area contributed by atoms with Crippen LogP contribution in [0.4, 0.5) is 5.82 Å². The maximum atomic E-state index is 11.8. The third kappa shape index (κ3) is 2.54. The van der Waals surface area contributed by atoms with Crippen LogP contribution in [0.25, 0.3) is 10.9 Å². The number of carbonyl (C=O) groups is 1. The molecule has 2 aromatic heterocycles. The van der Waals surface area contributed by atoms with E-state index in [1.165, 1.54) is 0 Å². The van der Waals surface area contributed by atoms with Crippen molar-refractivity contribution >= 4 is 22.6 Å². The molecule has 102 valence electrons. The Kier molecular flexibility index (Phi) is 3.20. The third-order valence-electron chi connectivity index (χ3n) is 3.00. The molecule has 3 rings (SSSR count). The molecule has 0 fully saturated rings. The molecule has 0 aliphatic carbocycles. The second kappa shape index (κ2) is 5.16. The molecule has 0 saturated carbocycles. The molecule has 0 saturated heterocycles. The lowest BCUT2D eigenvalue weighted by Crippen LogP contribution is -2.15. The van der Waals surface area contributed by atoms with Crippen LogP contribution >= 0.6 is 0 Å². The minimum absolute atomic E-state index is 0.113. The number of aryl methyl sites for hydroxylation is 2. The molecule has 0 unspecified atom stereocenters. The zero-order valence-electron chi connectivity index (χ0n) is 11.0. The highest BCUT2D eigenvalue weighted by atomic mass is 16.5. The van der Waals surface area contributed by atoms with E-state index < -0.39 is 0 Å². The molecule has 2 heterocycles. The molecule has 0 atom stereocenters. The summed E-state index contributed by atoms with van der Waals surface area (Å²) in [6.45, 7) is 2.30. The zero-order valence-corrected chi connectivity index (χ0v) is 11.0. The zero-order chi connectivity index (χ0) is 13.9. The van der Waals surface area contributed by atoms with Crippen LogP contribution in [0.2, 0.25) is 0 Å². The molecule has 0 radical (unpaired) electrons. The summed E-state index contributed by atoms with van der Waals surface area (Å²) in [5, 5.41) is 11.8. The molecule has 6 heteroatoms. The van der Waals surface area contributed by atoms with Gasteiger partial charge in [0.05, 0.1) is 18.3 Å². The average molecular weight is 270 g/mol. The smallest absolute Gasteiger partial charge is 0.227 e. The normalized spacial score (nSPS) is 10.8. The van der Waals surface area contributed by atoms with E-state index in [9.17, 15) is 4.79 Å². The number of anilines is 1. The van der Waals surface area contributed by atoms with Gasteiger partial charge in [0.25, 0.3) is 0 Å². The van der Waals surface area contributed by atoms with Crippen molar-refractivity contribution in [3.63, 3.8) is 0 Å². The Morgan fingerprint density at radius 1 is 1.40 bits per heavy atom. The van der Waals surface area contributed by atoms with Gasteiger partial charge in [-0.25, -0.2) is 0 Å². The fraction of sp³-hybridized carbons (Fsp3) is 0.214. The van der Waals surface area contributed by atoms with Gasteiger partial charge in [0.1, 0.15) is 5.76 Å². The van der Waals surface area contributed by atoms with E-state index >= 15 is 0 Å². The van der Waals surface area contributed by atoms with Crippen molar-refractivity contribution in [1.82, 2.24) is 14.9 Å². The molecule has 1 aromatic carbocycles. The topological polar surface area (TPSA) is 73.0 Å². The minimum atomic E-state index is -0.113. The van der Waals surface area contributed by atoms with Gasteiger partial charge in [0, 0.05) is 17.9 Å². The SMILES string of the molecule is Cc1cc(NC(=O)CCn2ncc3ccccc32)no1. The van der Waals surface area contributed by atoms with Gasteiger partial charge in [0.2, 0.25) is 5.91 Å². The molecule has 1 amide bonds. The van der Waals surface area contributed by atoms with E-state index in [-0.39, 0.29) is 5.91 Å². The first kappa shape index (κ1) is 12.4. The number of para-hydroxylation sites is 1. The fourth-order valence-electron chi connectivity index (χ4n) is 2.04. The second-order valence-corrected chi connectivity index (χ2v) is 4.55. The lowest BCUT2D eigenvalue weighted by atomic mass is 10.2. The van der Waals surface area contributed by atoms with Gasteiger partial charge in [-0.1, -0.05) is 23.4 Å². The Hall–Kier alpha value is -2.63. The quantitative estimate of drug-likeness (QED) is 0.789. The number of hydrogen-bond donors (Lipinski definition) is 1. The van der Waals surface area contributed by atoms with Gasteiger partial charge in [-0.3, -0.25) is 9.48 Å². The van der Waals surface area contributed by atoms with Crippen LogP contribution in [0.5, 0.6) is 0 Å². The summed E-state index contributed by atoms with van der Waals surface area (Å²) in [6, 6.07) is 9.59. The first-order chi connectivity index (χ1) is 9.72. The van der Waals surface area contributed by atoms with Gasteiger partial charge in [-0.05, 0) is 13.0 Å². The summed E-state index contributed by atoms with van der Waals surface area (Å²) in [5.74, 6) is 0.995. The molecule has 0 aliphatic heterocycles. The number of carbonyl (C=O) groups excluding carboxylic acids is 1. The van der Waals surface area contributed by atoms with E-state index in [2.05, 4.69) is 15.6 Å². The van der Waals surface area contributed by atoms with Gasteiger partial charge in [0.15, 0.2) is 5.82 Å². The predicted molar refractivity (Wildman–Crippen MR) is 74.2 cm³/mol. The second-order valence-electron chi connectivity index (χ2n) is 4.55. The summed E-state index contributed by atoms with van der Waals surface area (Å²) in [4.78, 5) is 11.8.